The average Bonchev–Trinajstić information content (AvgIpc) is 4.12. The molecule has 0 aliphatic carbocycles. The van der Waals surface area contributed by atoms with Gasteiger partial charge in [-0.05, 0) is 72.0 Å². The summed E-state index contributed by atoms with van der Waals surface area (Å²) in [4.78, 5) is 4.02. The van der Waals surface area contributed by atoms with Gasteiger partial charge in [-0.3, -0.25) is 24.4 Å². The number of fused-ring (bicyclic) bond motifs is 2. The molecule has 0 aliphatic rings. The quantitative estimate of drug-likeness (QED) is 0.112. The molecule has 0 aliphatic heterocycles. The summed E-state index contributed by atoms with van der Waals surface area (Å²) in [5.41, 5.74) is 8.78. The Hall–Kier alpha value is -7.67. The molecule has 311 valence electrons. The van der Waals surface area contributed by atoms with E-state index >= 15 is 0 Å². The monoisotopic (exact) mass is 997 g/mol. The predicted molar refractivity (Wildman–Crippen MR) is 228 cm³/mol. The molecule has 14 heteroatoms. The van der Waals surface area contributed by atoms with Crippen LogP contribution in [0, 0.1) is 24.8 Å². The minimum absolute atomic E-state index is 0. The fraction of sp³-hybridized carbons (Fsp3) is 0.0833. The number of nitrogens with zero attached hydrogens (tertiary/aromatic N) is 9. The van der Waals surface area contributed by atoms with Crippen molar-refractivity contribution >= 4 is 22.1 Å². The summed E-state index contributed by atoms with van der Waals surface area (Å²) in [6.07, 6.45) is 8.51. The number of tetrazole rings is 1. The molecule has 4 heterocycles. The van der Waals surface area contributed by atoms with Crippen molar-refractivity contribution in [2.75, 3.05) is 28.4 Å². The number of para-hydroxylation sites is 4. The van der Waals surface area contributed by atoms with E-state index in [2.05, 4.69) is 74.7 Å². The van der Waals surface area contributed by atoms with Gasteiger partial charge in [0.25, 0.3) is 12.7 Å². The summed E-state index contributed by atoms with van der Waals surface area (Å²) in [6.45, 7) is 0. The minimum Gasteiger partial charge on any atom is -0.554 e. The molecule has 0 fully saturated rings. The van der Waals surface area contributed by atoms with E-state index in [4.69, 9.17) is 18.9 Å². The molecule has 0 unspecified atom stereocenters. The number of benzene rings is 6. The average molecular weight is 997 g/mol. The van der Waals surface area contributed by atoms with Gasteiger partial charge in [0.1, 0.15) is 11.5 Å². The number of ether oxygens (including phenoxy) is 4. The largest absolute Gasteiger partial charge is 0.554 e. The Morgan fingerprint density at radius 2 is 0.968 bits per heavy atom. The molecular weight excluding hydrogens is 959 g/mol. The van der Waals surface area contributed by atoms with Crippen LogP contribution in [0.3, 0.4) is 0 Å². The van der Waals surface area contributed by atoms with E-state index in [0.717, 1.165) is 67.8 Å². The molecule has 0 amide bonds. The fourth-order valence-electron chi connectivity index (χ4n) is 6.40. The zero-order valence-electron chi connectivity index (χ0n) is 34.0. The second-order valence-corrected chi connectivity index (χ2v) is 13.1. The van der Waals surface area contributed by atoms with Crippen molar-refractivity contribution in [3.63, 3.8) is 0 Å². The first-order chi connectivity index (χ1) is 30.1. The number of hydrogen-bond acceptors (Lipinski definition) is 8. The Kier molecular flexibility index (Phi) is 13.7. The zero-order chi connectivity index (χ0) is 42.0. The van der Waals surface area contributed by atoms with E-state index in [1.807, 2.05) is 140 Å². The Labute approximate surface area is 371 Å². The topological polar surface area (TPSA) is 120 Å². The number of aromatic nitrogens is 9. The molecule has 0 bridgehead atoms. The third-order valence-corrected chi connectivity index (χ3v) is 9.49. The maximum absolute atomic E-state index is 5.25. The summed E-state index contributed by atoms with van der Waals surface area (Å²) in [5.74, 6) is 3.69. The van der Waals surface area contributed by atoms with E-state index in [1.54, 1.807) is 40.7 Å². The fourth-order valence-corrected chi connectivity index (χ4v) is 6.40. The van der Waals surface area contributed by atoms with Crippen LogP contribution in [-0.2, 0) is 20.1 Å². The molecular formula is C48H38IrN9O4-3. The van der Waals surface area contributed by atoms with Crippen LogP contribution in [0.25, 0.3) is 56.3 Å². The van der Waals surface area contributed by atoms with Gasteiger partial charge in [0, 0.05) is 37.8 Å². The third kappa shape index (κ3) is 9.37. The zero-order valence-corrected chi connectivity index (χ0v) is 36.4. The molecule has 0 saturated heterocycles. The molecule has 0 atom stereocenters. The normalized spacial score (nSPS) is 10.5. The molecule has 1 radical (unpaired) electrons. The van der Waals surface area contributed by atoms with Gasteiger partial charge in [-0.1, -0.05) is 54.6 Å². The SMILES string of the molecule is COc1c[c-]c(-n2[c-][n+](-c3ccc(OC)cc3)c3ccccc32)cc1.COc1c[c-]c(-n2[c-][n+](-c3ccc(OC)cc3)c3ccccc32)cc1.[Ir].c1ccc(-c2nnn[n-]2)nc1. The van der Waals surface area contributed by atoms with E-state index in [-0.39, 0.29) is 20.1 Å². The Balaban J connectivity index is 0.000000149. The van der Waals surface area contributed by atoms with Gasteiger partial charge >= 0.3 is 0 Å². The van der Waals surface area contributed by atoms with Gasteiger partial charge in [0.05, 0.1) is 73.4 Å². The van der Waals surface area contributed by atoms with E-state index in [9.17, 15) is 0 Å². The number of hydrogen-bond donors (Lipinski definition) is 0. The van der Waals surface area contributed by atoms with Crippen LogP contribution < -0.4 is 33.2 Å². The maximum Gasteiger partial charge on any atom is 0.268 e. The number of methoxy groups -OCH3 is 4. The smallest absolute Gasteiger partial charge is 0.268 e. The van der Waals surface area contributed by atoms with Gasteiger partial charge in [0.2, 0.25) is 0 Å². The number of rotatable bonds is 9. The first kappa shape index (κ1) is 42.5. The number of imidazole rings is 2. The van der Waals surface area contributed by atoms with Gasteiger partial charge in [0.15, 0.2) is 0 Å². The predicted octanol–water partition coefficient (Wildman–Crippen LogP) is 6.94. The van der Waals surface area contributed by atoms with Gasteiger partial charge < -0.3 is 33.2 Å². The third-order valence-electron chi connectivity index (χ3n) is 9.49. The Bertz CT molecular complexity index is 2610. The van der Waals surface area contributed by atoms with Gasteiger partial charge in [-0.2, -0.15) is 29.5 Å². The molecule has 6 aromatic carbocycles. The first-order valence-corrected chi connectivity index (χ1v) is 19.0. The van der Waals surface area contributed by atoms with E-state index < -0.39 is 0 Å². The Morgan fingerprint density at radius 3 is 1.35 bits per heavy atom. The second-order valence-electron chi connectivity index (χ2n) is 13.1. The molecule has 0 N–H and O–H groups in total. The van der Waals surface area contributed by atoms with Crippen LogP contribution in [0.4, 0.5) is 0 Å². The van der Waals surface area contributed by atoms with Crippen molar-refractivity contribution in [1.29, 1.82) is 0 Å². The first-order valence-electron chi connectivity index (χ1n) is 19.0. The molecule has 4 aromatic heterocycles. The summed E-state index contributed by atoms with van der Waals surface area (Å²) < 4.78 is 29.0. The standard InChI is InChI=1S/2C21H17N2O2.C6H4N5.Ir/c2*1-24-18-11-7-16(8-12-18)22-15-23(21-6-4-3-5-20(21)22)17-9-13-19(25-2)14-10-17;1-2-4-7-5(3-1)6-8-10-11-9-6;/h2*3-9,11-14H,1-2H3;1-4H;/q3*-1;. The molecule has 0 spiro atoms. The van der Waals surface area contributed by atoms with Crippen LogP contribution in [0.2, 0.25) is 0 Å². The van der Waals surface area contributed by atoms with Crippen molar-refractivity contribution in [3.05, 3.63) is 183 Å². The summed E-state index contributed by atoms with van der Waals surface area (Å²) >= 11 is 0. The van der Waals surface area contributed by atoms with Crippen molar-refractivity contribution in [2.24, 2.45) is 0 Å². The molecule has 0 saturated carbocycles. The molecule has 13 nitrogen and oxygen atoms in total. The van der Waals surface area contributed by atoms with Crippen LogP contribution in [-0.4, -0.2) is 58.1 Å². The van der Waals surface area contributed by atoms with Crippen molar-refractivity contribution in [1.82, 2.24) is 34.7 Å². The van der Waals surface area contributed by atoms with Gasteiger partial charge in [-0.15, -0.1) is 24.3 Å². The van der Waals surface area contributed by atoms with Crippen molar-refractivity contribution in [2.45, 2.75) is 0 Å². The van der Waals surface area contributed by atoms with Crippen molar-refractivity contribution < 1.29 is 48.2 Å². The summed E-state index contributed by atoms with van der Waals surface area (Å²) in [5, 5.41) is 14.0. The van der Waals surface area contributed by atoms with Crippen LogP contribution in [0.5, 0.6) is 23.0 Å². The van der Waals surface area contributed by atoms with E-state index in [0.29, 0.717) is 11.5 Å². The van der Waals surface area contributed by atoms with Crippen LogP contribution >= 0.6 is 0 Å². The maximum atomic E-state index is 5.25. The van der Waals surface area contributed by atoms with Gasteiger partial charge in [-0.25, -0.2) is 0 Å². The van der Waals surface area contributed by atoms with E-state index in [1.165, 1.54) is 0 Å². The molecule has 62 heavy (non-hydrogen) atoms. The minimum atomic E-state index is 0. The summed E-state index contributed by atoms with van der Waals surface area (Å²) in [7, 11) is 6.63. The summed E-state index contributed by atoms with van der Waals surface area (Å²) in [6, 6.07) is 55.7. The van der Waals surface area contributed by atoms with Crippen molar-refractivity contribution in [3.8, 4) is 57.3 Å². The van der Waals surface area contributed by atoms with Crippen LogP contribution in [0.15, 0.2) is 158 Å². The second kappa shape index (κ2) is 20.1. The molecule has 10 aromatic rings. The Morgan fingerprint density at radius 1 is 0.516 bits per heavy atom. The number of pyridine rings is 1. The molecule has 10 rings (SSSR count). The van der Waals surface area contributed by atoms with Crippen LogP contribution in [0.1, 0.15) is 0 Å².